The molecule has 0 fully saturated rings. The van der Waals surface area contributed by atoms with Gasteiger partial charge in [0.1, 0.15) is 0 Å². The van der Waals surface area contributed by atoms with Crippen molar-refractivity contribution in [2.75, 3.05) is 6.54 Å². The van der Waals surface area contributed by atoms with Crippen LogP contribution in [0.5, 0.6) is 0 Å². The number of carbonyl (C=O) groups excluding carboxylic acids is 1. The zero-order chi connectivity index (χ0) is 15.9. The van der Waals surface area contributed by atoms with Crippen molar-refractivity contribution in [2.24, 2.45) is 5.92 Å². The molecule has 0 aromatic heterocycles. The van der Waals surface area contributed by atoms with Crippen LogP contribution in [0.25, 0.3) is 0 Å². The maximum atomic E-state index is 11.0. The first-order valence-corrected chi connectivity index (χ1v) is 9.02. The predicted molar refractivity (Wildman–Crippen MR) is 88.1 cm³/mol. The Morgan fingerprint density at radius 2 is 1.36 bits per heavy atom. The van der Waals surface area contributed by atoms with Crippen LogP contribution < -0.4 is 40.0 Å². The van der Waals surface area contributed by atoms with E-state index < -0.39 is 12.0 Å². The van der Waals surface area contributed by atoms with Gasteiger partial charge < -0.3 is 15.2 Å². The van der Waals surface area contributed by atoms with Crippen LogP contribution in [-0.4, -0.2) is 18.6 Å². The minimum atomic E-state index is -0.962. The number of rotatable bonds is 15. The van der Waals surface area contributed by atoms with E-state index in [1.165, 1.54) is 57.8 Å². The third-order valence-corrected chi connectivity index (χ3v) is 3.91. The summed E-state index contributed by atoms with van der Waals surface area (Å²) in [6.07, 6.45) is 13.7. The van der Waals surface area contributed by atoms with Gasteiger partial charge >= 0.3 is 29.6 Å². The Kier molecular flexibility index (Phi) is 19.9. The number of carbonyl (C=O) groups is 1. The summed E-state index contributed by atoms with van der Waals surface area (Å²) in [5.41, 5.74) is 0. The third kappa shape index (κ3) is 16.8. The minimum absolute atomic E-state index is 0. The van der Waals surface area contributed by atoms with E-state index in [-0.39, 0.29) is 29.6 Å². The molecule has 0 heterocycles. The summed E-state index contributed by atoms with van der Waals surface area (Å²) in [6, 6.07) is -0.483. The molecular weight excluding hydrogens is 285 g/mol. The molecule has 0 bridgehead atoms. The quantitative estimate of drug-likeness (QED) is 0.356. The van der Waals surface area contributed by atoms with Crippen molar-refractivity contribution >= 4 is 5.97 Å². The summed E-state index contributed by atoms with van der Waals surface area (Å²) >= 11 is 0. The molecule has 0 aliphatic heterocycles. The van der Waals surface area contributed by atoms with Gasteiger partial charge in [-0.25, -0.2) is 0 Å². The number of hydrogen-bond acceptors (Lipinski definition) is 3. The number of carboxylic acids is 1. The van der Waals surface area contributed by atoms with Crippen molar-refractivity contribution in [3.05, 3.63) is 0 Å². The van der Waals surface area contributed by atoms with Crippen molar-refractivity contribution < 1.29 is 39.5 Å². The summed E-state index contributed by atoms with van der Waals surface area (Å²) in [4.78, 5) is 11.0. The van der Waals surface area contributed by atoms with Gasteiger partial charge in [-0.2, -0.15) is 0 Å². The van der Waals surface area contributed by atoms with E-state index in [1.54, 1.807) is 0 Å². The van der Waals surface area contributed by atoms with Gasteiger partial charge in [-0.05, 0) is 25.3 Å². The molecule has 22 heavy (non-hydrogen) atoms. The molecule has 0 unspecified atom stereocenters. The fraction of sp³-hybridized carbons (Fsp3) is 0.944. The summed E-state index contributed by atoms with van der Waals surface area (Å²) in [7, 11) is 0. The average Bonchev–Trinajstić information content (AvgIpc) is 2.42. The number of hydrogen-bond donors (Lipinski definition) is 1. The van der Waals surface area contributed by atoms with Gasteiger partial charge in [0.25, 0.3) is 0 Å². The Bertz CT molecular complexity index is 247. The van der Waals surface area contributed by atoms with Crippen LogP contribution in [0.4, 0.5) is 0 Å². The fourth-order valence-corrected chi connectivity index (χ4v) is 2.62. The Labute approximate surface area is 160 Å². The van der Waals surface area contributed by atoms with Crippen LogP contribution >= 0.6 is 0 Å². The Morgan fingerprint density at radius 3 is 1.77 bits per heavy atom. The zero-order valence-electron chi connectivity index (χ0n) is 15.5. The van der Waals surface area contributed by atoms with E-state index >= 15 is 0 Å². The van der Waals surface area contributed by atoms with Crippen LogP contribution in [0.2, 0.25) is 0 Å². The molecule has 0 aliphatic carbocycles. The van der Waals surface area contributed by atoms with E-state index in [9.17, 15) is 9.90 Å². The van der Waals surface area contributed by atoms with Crippen LogP contribution in [0.3, 0.4) is 0 Å². The molecule has 0 rings (SSSR count). The van der Waals surface area contributed by atoms with Gasteiger partial charge in [0.15, 0.2) is 0 Å². The minimum Gasteiger partial charge on any atom is -0.548 e. The van der Waals surface area contributed by atoms with Crippen LogP contribution in [0.15, 0.2) is 0 Å². The normalized spacial score (nSPS) is 12.2. The van der Waals surface area contributed by atoms with Gasteiger partial charge in [0, 0.05) is 6.04 Å². The largest absolute Gasteiger partial charge is 1.00 e. The van der Waals surface area contributed by atoms with E-state index in [2.05, 4.69) is 12.2 Å². The van der Waals surface area contributed by atoms with Gasteiger partial charge in [-0.15, -0.1) is 0 Å². The smallest absolute Gasteiger partial charge is 0.548 e. The SMILES string of the molecule is CCCCCCCCCCCCN[C@@H](CC(C)C)C(=O)[O-].[Na+]. The zero-order valence-corrected chi connectivity index (χ0v) is 17.5. The van der Waals surface area contributed by atoms with Crippen molar-refractivity contribution in [2.45, 2.75) is 97.4 Å². The second-order valence-electron chi connectivity index (χ2n) is 6.64. The fourth-order valence-electron chi connectivity index (χ4n) is 2.62. The molecule has 0 saturated carbocycles. The molecular formula is C18H36NNaO2. The molecule has 0 aliphatic rings. The molecule has 0 radical (unpaired) electrons. The molecule has 1 N–H and O–H groups in total. The first-order chi connectivity index (χ1) is 10.1. The molecule has 4 heteroatoms. The van der Waals surface area contributed by atoms with E-state index in [1.807, 2.05) is 13.8 Å². The third-order valence-electron chi connectivity index (χ3n) is 3.91. The molecule has 0 aromatic carbocycles. The topological polar surface area (TPSA) is 52.2 Å². The molecule has 126 valence electrons. The van der Waals surface area contributed by atoms with E-state index in [0.717, 1.165) is 13.0 Å². The van der Waals surface area contributed by atoms with Crippen molar-refractivity contribution in [3.63, 3.8) is 0 Å². The van der Waals surface area contributed by atoms with Crippen LogP contribution in [0.1, 0.15) is 91.4 Å². The maximum absolute atomic E-state index is 11.0. The summed E-state index contributed by atoms with van der Waals surface area (Å²) < 4.78 is 0. The summed E-state index contributed by atoms with van der Waals surface area (Å²) in [5, 5.41) is 14.1. The first kappa shape index (κ1) is 24.7. The standard InChI is InChI=1S/C18H37NO2.Na/c1-4-5-6-7-8-9-10-11-12-13-14-19-17(18(20)21)15-16(2)3;/h16-17,19H,4-15H2,1-3H3,(H,20,21);/q;+1/p-1/t17-;/m0./s1. The Hall–Kier alpha value is 0.430. The Morgan fingerprint density at radius 1 is 0.909 bits per heavy atom. The summed E-state index contributed by atoms with van der Waals surface area (Å²) in [6.45, 7) is 7.12. The van der Waals surface area contributed by atoms with Crippen molar-refractivity contribution in [1.29, 1.82) is 0 Å². The predicted octanol–water partition coefficient (Wildman–Crippen LogP) is 0.666. The monoisotopic (exact) mass is 321 g/mol. The molecule has 0 saturated heterocycles. The second-order valence-corrected chi connectivity index (χ2v) is 6.64. The maximum Gasteiger partial charge on any atom is 1.00 e. The first-order valence-electron chi connectivity index (χ1n) is 9.02. The van der Waals surface area contributed by atoms with Gasteiger partial charge in [0.2, 0.25) is 0 Å². The second kappa shape index (κ2) is 17.8. The van der Waals surface area contributed by atoms with E-state index in [0.29, 0.717) is 12.3 Å². The summed E-state index contributed by atoms with van der Waals surface area (Å²) in [5.74, 6) is -0.580. The van der Waals surface area contributed by atoms with E-state index in [4.69, 9.17) is 0 Å². The number of unbranched alkanes of at least 4 members (excludes halogenated alkanes) is 9. The number of nitrogens with one attached hydrogen (secondary N) is 1. The van der Waals surface area contributed by atoms with Gasteiger partial charge in [-0.3, -0.25) is 0 Å². The molecule has 3 nitrogen and oxygen atoms in total. The van der Waals surface area contributed by atoms with Gasteiger partial charge in [0.05, 0.1) is 5.97 Å². The van der Waals surface area contributed by atoms with Crippen LogP contribution in [0, 0.1) is 5.92 Å². The number of carboxylic acid groups (broad SMARTS) is 1. The van der Waals surface area contributed by atoms with Crippen LogP contribution in [-0.2, 0) is 4.79 Å². The van der Waals surface area contributed by atoms with Gasteiger partial charge in [-0.1, -0.05) is 78.6 Å². The molecule has 1 atom stereocenters. The average molecular weight is 321 g/mol. The molecule has 0 amide bonds. The molecule has 0 aromatic rings. The Balaban J connectivity index is 0. The van der Waals surface area contributed by atoms with Crippen molar-refractivity contribution in [1.82, 2.24) is 5.32 Å². The van der Waals surface area contributed by atoms with Crippen molar-refractivity contribution in [3.8, 4) is 0 Å². The molecule has 0 spiro atoms. The number of aliphatic carboxylic acids is 1.